The molecule has 0 bridgehead atoms. The second-order valence-corrected chi connectivity index (χ2v) is 8.80. The van der Waals surface area contributed by atoms with Crippen molar-refractivity contribution in [3.05, 3.63) is 96.1 Å². The fourth-order valence-electron chi connectivity index (χ4n) is 3.07. The number of sulfonamides is 1. The van der Waals surface area contributed by atoms with E-state index in [1.54, 1.807) is 12.1 Å². The van der Waals surface area contributed by atoms with E-state index in [1.807, 2.05) is 60.7 Å². The molecule has 156 valence electrons. The summed E-state index contributed by atoms with van der Waals surface area (Å²) in [4.78, 5) is 12.9. The van der Waals surface area contributed by atoms with Crippen LogP contribution in [0.4, 0.5) is 0 Å². The van der Waals surface area contributed by atoms with E-state index < -0.39 is 15.9 Å². The molecule has 0 aliphatic carbocycles. The Hall–Kier alpha value is -3.16. The van der Waals surface area contributed by atoms with Gasteiger partial charge in [-0.2, -0.15) is 4.31 Å². The molecule has 0 aliphatic rings. The van der Waals surface area contributed by atoms with Crippen LogP contribution in [-0.4, -0.2) is 39.3 Å². The molecule has 0 aromatic heterocycles. The number of benzene rings is 3. The van der Waals surface area contributed by atoms with Gasteiger partial charge in [-0.25, -0.2) is 8.42 Å². The zero-order valence-corrected chi connectivity index (χ0v) is 17.7. The van der Waals surface area contributed by atoms with Gasteiger partial charge in [0.25, 0.3) is 0 Å². The number of carbonyl (C=O) groups excluding carboxylic acids is 1. The molecule has 0 fully saturated rings. The van der Waals surface area contributed by atoms with Crippen LogP contribution in [-0.2, 0) is 14.8 Å². The molecule has 0 spiro atoms. The molecular formula is C23H24N2O4S. The zero-order chi connectivity index (χ0) is 21.6. The Morgan fingerprint density at radius 2 is 1.40 bits per heavy atom. The predicted octanol–water partition coefficient (Wildman–Crippen LogP) is 3.22. The minimum atomic E-state index is -3.81. The lowest BCUT2D eigenvalue weighted by Crippen LogP contribution is -2.40. The van der Waals surface area contributed by atoms with Crippen molar-refractivity contribution in [1.82, 2.24) is 9.62 Å². The molecule has 1 N–H and O–H groups in total. The maximum absolute atomic E-state index is 12.8. The molecule has 0 aliphatic heterocycles. The Morgan fingerprint density at radius 1 is 0.900 bits per heavy atom. The van der Waals surface area contributed by atoms with E-state index >= 15 is 0 Å². The maximum atomic E-state index is 12.8. The Balaban J connectivity index is 1.76. The summed E-state index contributed by atoms with van der Waals surface area (Å²) in [6.45, 7) is -0.301. The van der Waals surface area contributed by atoms with Gasteiger partial charge in [0, 0.05) is 7.05 Å². The first-order valence-corrected chi connectivity index (χ1v) is 10.9. The molecule has 0 saturated heterocycles. The van der Waals surface area contributed by atoms with E-state index in [4.69, 9.17) is 4.74 Å². The fraction of sp³-hybridized carbons (Fsp3) is 0.174. The summed E-state index contributed by atoms with van der Waals surface area (Å²) in [5.74, 6) is 0.162. The molecule has 3 rings (SSSR count). The number of methoxy groups -OCH3 is 1. The highest BCUT2D eigenvalue weighted by Gasteiger charge is 2.24. The number of hydrogen-bond donors (Lipinski definition) is 1. The van der Waals surface area contributed by atoms with Crippen LogP contribution in [0.15, 0.2) is 89.8 Å². The number of ether oxygens (including phenoxy) is 1. The molecule has 0 unspecified atom stereocenters. The molecular weight excluding hydrogens is 400 g/mol. The Morgan fingerprint density at radius 3 is 1.87 bits per heavy atom. The molecule has 30 heavy (non-hydrogen) atoms. The van der Waals surface area contributed by atoms with Gasteiger partial charge in [0.05, 0.1) is 24.6 Å². The fourth-order valence-corrected chi connectivity index (χ4v) is 4.20. The van der Waals surface area contributed by atoms with E-state index in [0.717, 1.165) is 15.4 Å². The van der Waals surface area contributed by atoms with Crippen LogP contribution in [0, 0.1) is 0 Å². The lowest BCUT2D eigenvalue weighted by molar-refractivity contribution is -0.121. The Bertz CT molecular complexity index is 1030. The van der Waals surface area contributed by atoms with Crippen LogP contribution < -0.4 is 10.1 Å². The molecule has 1 amide bonds. The maximum Gasteiger partial charge on any atom is 0.243 e. The summed E-state index contributed by atoms with van der Waals surface area (Å²) >= 11 is 0. The third kappa shape index (κ3) is 5.06. The van der Waals surface area contributed by atoms with Crippen LogP contribution in [0.25, 0.3) is 0 Å². The average Bonchev–Trinajstić information content (AvgIpc) is 2.78. The van der Waals surface area contributed by atoms with Crippen LogP contribution in [0.1, 0.15) is 17.2 Å². The zero-order valence-electron chi connectivity index (χ0n) is 16.9. The van der Waals surface area contributed by atoms with Crippen molar-refractivity contribution in [1.29, 1.82) is 0 Å². The van der Waals surface area contributed by atoms with Crippen molar-refractivity contribution in [3.63, 3.8) is 0 Å². The van der Waals surface area contributed by atoms with Gasteiger partial charge in [-0.05, 0) is 35.4 Å². The SMILES string of the molecule is COc1ccc(S(=O)(=O)N(C)CC(=O)NC(c2ccccc2)c2ccccc2)cc1. The summed E-state index contributed by atoms with van der Waals surface area (Å²) in [6.07, 6.45) is 0. The van der Waals surface area contributed by atoms with Gasteiger partial charge in [0.2, 0.25) is 15.9 Å². The number of hydrogen-bond acceptors (Lipinski definition) is 4. The molecule has 3 aromatic rings. The average molecular weight is 425 g/mol. The molecule has 0 atom stereocenters. The number of likely N-dealkylation sites (N-methyl/N-ethyl adjacent to an activating group) is 1. The van der Waals surface area contributed by atoms with Gasteiger partial charge in [0.15, 0.2) is 0 Å². The highest BCUT2D eigenvalue weighted by molar-refractivity contribution is 7.89. The monoisotopic (exact) mass is 424 g/mol. The quantitative estimate of drug-likeness (QED) is 0.602. The van der Waals surface area contributed by atoms with Gasteiger partial charge in [-0.3, -0.25) is 4.79 Å². The highest BCUT2D eigenvalue weighted by Crippen LogP contribution is 2.22. The summed E-state index contributed by atoms with van der Waals surface area (Å²) in [6, 6.07) is 24.8. The summed E-state index contributed by atoms with van der Waals surface area (Å²) < 4.78 is 31.7. The lowest BCUT2D eigenvalue weighted by atomic mass is 9.99. The normalized spacial score (nSPS) is 11.5. The van der Waals surface area contributed by atoms with Crippen molar-refractivity contribution < 1.29 is 17.9 Å². The third-order valence-corrected chi connectivity index (χ3v) is 6.52. The summed E-state index contributed by atoms with van der Waals surface area (Å²) in [5.41, 5.74) is 1.83. The molecule has 3 aromatic carbocycles. The van der Waals surface area contributed by atoms with Crippen molar-refractivity contribution in [2.75, 3.05) is 20.7 Å². The van der Waals surface area contributed by atoms with E-state index in [0.29, 0.717) is 5.75 Å². The molecule has 7 heteroatoms. The Labute approximate surface area is 177 Å². The van der Waals surface area contributed by atoms with Gasteiger partial charge < -0.3 is 10.1 Å². The molecule has 0 saturated carbocycles. The lowest BCUT2D eigenvalue weighted by Gasteiger charge is -2.22. The standard InChI is InChI=1S/C23H24N2O4S/c1-25(30(27,28)21-15-13-20(29-2)14-16-21)17-22(26)24-23(18-9-5-3-6-10-18)19-11-7-4-8-12-19/h3-16,23H,17H2,1-2H3,(H,24,26). The van der Waals surface area contributed by atoms with Gasteiger partial charge in [-0.15, -0.1) is 0 Å². The van der Waals surface area contributed by atoms with E-state index in [1.165, 1.54) is 26.3 Å². The first-order valence-electron chi connectivity index (χ1n) is 9.41. The minimum Gasteiger partial charge on any atom is -0.497 e. The second kappa shape index (κ2) is 9.56. The predicted molar refractivity (Wildman–Crippen MR) is 116 cm³/mol. The number of rotatable bonds is 8. The molecule has 6 nitrogen and oxygen atoms in total. The van der Waals surface area contributed by atoms with E-state index in [2.05, 4.69) is 5.32 Å². The highest BCUT2D eigenvalue weighted by atomic mass is 32.2. The van der Waals surface area contributed by atoms with Crippen molar-refractivity contribution in [2.24, 2.45) is 0 Å². The minimum absolute atomic E-state index is 0.0984. The van der Waals surface area contributed by atoms with Gasteiger partial charge in [-0.1, -0.05) is 60.7 Å². The smallest absolute Gasteiger partial charge is 0.243 e. The van der Waals surface area contributed by atoms with Crippen LogP contribution in [0.3, 0.4) is 0 Å². The second-order valence-electron chi connectivity index (χ2n) is 6.76. The van der Waals surface area contributed by atoms with Crippen molar-refractivity contribution in [2.45, 2.75) is 10.9 Å². The largest absolute Gasteiger partial charge is 0.497 e. The van der Waals surface area contributed by atoms with Crippen LogP contribution in [0.2, 0.25) is 0 Å². The van der Waals surface area contributed by atoms with Gasteiger partial charge >= 0.3 is 0 Å². The van der Waals surface area contributed by atoms with Crippen molar-refractivity contribution in [3.8, 4) is 5.75 Å². The first kappa shape index (κ1) is 21.5. The van der Waals surface area contributed by atoms with E-state index in [9.17, 15) is 13.2 Å². The summed E-state index contributed by atoms with van der Waals surface area (Å²) in [5, 5.41) is 2.96. The van der Waals surface area contributed by atoms with Crippen LogP contribution >= 0.6 is 0 Å². The number of carbonyl (C=O) groups is 1. The first-order chi connectivity index (χ1) is 14.4. The number of nitrogens with zero attached hydrogens (tertiary/aromatic N) is 1. The topological polar surface area (TPSA) is 75.7 Å². The molecule has 0 radical (unpaired) electrons. The van der Waals surface area contributed by atoms with Crippen molar-refractivity contribution >= 4 is 15.9 Å². The van der Waals surface area contributed by atoms with E-state index in [-0.39, 0.29) is 17.5 Å². The number of nitrogens with one attached hydrogen (secondary N) is 1. The van der Waals surface area contributed by atoms with Crippen LogP contribution in [0.5, 0.6) is 5.75 Å². The molecule has 0 heterocycles. The number of amides is 1. The summed E-state index contributed by atoms with van der Waals surface area (Å²) in [7, 11) is -0.909. The van der Waals surface area contributed by atoms with Gasteiger partial charge in [0.1, 0.15) is 5.75 Å². The third-order valence-electron chi connectivity index (χ3n) is 4.71. The Kier molecular flexibility index (Phi) is 6.87.